The van der Waals surface area contributed by atoms with Crippen LogP contribution in [0.1, 0.15) is 24.8 Å². The zero-order valence-electron chi connectivity index (χ0n) is 16.2. The van der Waals surface area contributed by atoms with Crippen molar-refractivity contribution in [2.24, 2.45) is 11.8 Å². The Kier molecular flexibility index (Phi) is 5.65. The maximum absolute atomic E-state index is 12.9. The van der Waals surface area contributed by atoms with Crippen molar-refractivity contribution < 1.29 is 14.6 Å². The number of benzene rings is 2. The van der Waals surface area contributed by atoms with Gasteiger partial charge in [0.25, 0.3) is 0 Å². The molecule has 1 saturated carbocycles. The lowest BCUT2D eigenvalue weighted by Gasteiger charge is -2.41. The minimum absolute atomic E-state index is 0.120. The highest BCUT2D eigenvalue weighted by atomic mass is 32.2. The van der Waals surface area contributed by atoms with Crippen molar-refractivity contribution in [3.63, 3.8) is 0 Å². The van der Waals surface area contributed by atoms with Gasteiger partial charge in [0.2, 0.25) is 5.91 Å². The van der Waals surface area contributed by atoms with Gasteiger partial charge < -0.3 is 14.7 Å². The first-order chi connectivity index (χ1) is 13.6. The molecule has 5 heteroatoms. The van der Waals surface area contributed by atoms with E-state index >= 15 is 0 Å². The normalized spacial score (nSPS) is 26.7. The first-order valence-corrected chi connectivity index (χ1v) is 10.9. The Morgan fingerprint density at radius 2 is 2.04 bits per heavy atom. The third kappa shape index (κ3) is 3.78. The van der Waals surface area contributed by atoms with E-state index in [9.17, 15) is 9.90 Å². The molecule has 4 rings (SSSR count). The molecule has 2 aromatic carbocycles. The SMILES string of the molecule is COc1cccc(SCC(=O)N2C[C@H]3CCC[C@](O)(c4ccccc4)[C@H]3C2)c1. The van der Waals surface area contributed by atoms with E-state index in [0.29, 0.717) is 18.2 Å². The summed E-state index contributed by atoms with van der Waals surface area (Å²) < 4.78 is 5.25. The summed E-state index contributed by atoms with van der Waals surface area (Å²) in [5.41, 5.74) is 0.170. The van der Waals surface area contributed by atoms with Gasteiger partial charge in [-0.1, -0.05) is 36.4 Å². The number of hydrogen-bond acceptors (Lipinski definition) is 4. The zero-order chi connectivity index (χ0) is 19.6. The van der Waals surface area contributed by atoms with E-state index in [1.165, 1.54) is 0 Å². The summed E-state index contributed by atoms with van der Waals surface area (Å²) in [4.78, 5) is 15.8. The zero-order valence-corrected chi connectivity index (χ0v) is 17.0. The molecule has 1 amide bonds. The van der Waals surface area contributed by atoms with E-state index in [1.807, 2.05) is 59.5 Å². The van der Waals surface area contributed by atoms with E-state index in [1.54, 1.807) is 18.9 Å². The number of nitrogens with zero attached hydrogens (tertiary/aromatic N) is 1. The molecular weight excluding hydrogens is 370 g/mol. The molecule has 1 aliphatic carbocycles. The number of carbonyl (C=O) groups is 1. The molecule has 0 radical (unpaired) electrons. The highest BCUT2D eigenvalue weighted by molar-refractivity contribution is 8.00. The van der Waals surface area contributed by atoms with Crippen molar-refractivity contribution in [1.82, 2.24) is 4.90 Å². The summed E-state index contributed by atoms with van der Waals surface area (Å²) in [7, 11) is 1.65. The molecule has 3 atom stereocenters. The average Bonchev–Trinajstić information content (AvgIpc) is 3.19. The molecule has 148 valence electrons. The number of hydrogen-bond donors (Lipinski definition) is 1. The minimum atomic E-state index is -0.820. The standard InChI is InChI=1S/C23H27NO3S/c1-27-19-10-5-11-20(13-19)28-16-22(25)24-14-17-7-6-12-23(26,21(17)15-24)18-8-3-2-4-9-18/h2-5,8-11,13,17,21,26H,6-7,12,14-16H2,1H3/t17-,21+,23+/m1/s1. The second-order valence-electron chi connectivity index (χ2n) is 7.82. The van der Waals surface area contributed by atoms with Crippen LogP contribution < -0.4 is 4.74 Å². The summed E-state index contributed by atoms with van der Waals surface area (Å²) in [6.45, 7) is 1.41. The number of rotatable bonds is 5. The third-order valence-electron chi connectivity index (χ3n) is 6.22. The highest BCUT2D eigenvalue weighted by Gasteiger charge is 2.50. The van der Waals surface area contributed by atoms with Crippen LogP contribution in [0, 0.1) is 11.8 Å². The van der Waals surface area contributed by atoms with Crippen molar-refractivity contribution in [3.05, 3.63) is 60.2 Å². The molecule has 1 saturated heterocycles. The van der Waals surface area contributed by atoms with Gasteiger partial charge in [-0.2, -0.15) is 0 Å². The molecule has 2 aliphatic rings. The van der Waals surface area contributed by atoms with Gasteiger partial charge in [0.15, 0.2) is 0 Å². The van der Waals surface area contributed by atoms with Gasteiger partial charge in [-0.25, -0.2) is 0 Å². The van der Waals surface area contributed by atoms with Gasteiger partial charge in [0.1, 0.15) is 5.75 Å². The number of thioether (sulfide) groups is 1. The first-order valence-electron chi connectivity index (χ1n) is 9.92. The number of fused-ring (bicyclic) bond motifs is 1. The van der Waals surface area contributed by atoms with Gasteiger partial charge >= 0.3 is 0 Å². The Balaban J connectivity index is 1.42. The number of likely N-dealkylation sites (tertiary alicyclic amines) is 1. The third-order valence-corrected chi connectivity index (χ3v) is 7.20. The smallest absolute Gasteiger partial charge is 0.232 e. The summed E-state index contributed by atoms with van der Waals surface area (Å²) in [6, 6.07) is 17.8. The largest absolute Gasteiger partial charge is 0.497 e. The fraction of sp³-hybridized carbons (Fsp3) is 0.435. The Morgan fingerprint density at radius 3 is 2.82 bits per heavy atom. The van der Waals surface area contributed by atoms with Crippen LogP contribution in [0.5, 0.6) is 5.75 Å². The monoisotopic (exact) mass is 397 g/mol. The highest BCUT2D eigenvalue weighted by Crippen LogP contribution is 2.48. The van der Waals surface area contributed by atoms with Crippen LogP contribution >= 0.6 is 11.8 Å². The lowest BCUT2D eigenvalue weighted by Crippen LogP contribution is -2.43. The Hall–Kier alpha value is -1.98. The maximum Gasteiger partial charge on any atom is 0.232 e. The quantitative estimate of drug-likeness (QED) is 0.777. The molecule has 1 N–H and O–H groups in total. The van der Waals surface area contributed by atoms with Gasteiger partial charge in [-0.3, -0.25) is 4.79 Å². The molecule has 2 aromatic rings. The summed E-state index contributed by atoms with van der Waals surface area (Å²) in [6.07, 6.45) is 2.87. The van der Waals surface area contributed by atoms with Crippen molar-refractivity contribution in [3.8, 4) is 5.75 Å². The number of amides is 1. The van der Waals surface area contributed by atoms with Crippen LogP contribution in [0.15, 0.2) is 59.5 Å². The van der Waals surface area contributed by atoms with Crippen molar-refractivity contribution >= 4 is 17.7 Å². The molecule has 0 unspecified atom stereocenters. The molecule has 28 heavy (non-hydrogen) atoms. The van der Waals surface area contributed by atoms with E-state index < -0.39 is 5.60 Å². The summed E-state index contributed by atoms with van der Waals surface area (Å²) in [5.74, 6) is 1.87. The Bertz CT molecular complexity index is 828. The van der Waals surface area contributed by atoms with Gasteiger partial charge in [-0.15, -0.1) is 11.8 Å². The fourth-order valence-electron chi connectivity index (χ4n) is 4.74. The van der Waals surface area contributed by atoms with Crippen LogP contribution in [-0.4, -0.2) is 41.9 Å². The molecule has 1 aliphatic heterocycles. The van der Waals surface area contributed by atoms with Gasteiger partial charge in [0, 0.05) is 23.9 Å². The summed E-state index contributed by atoms with van der Waals surface area (Å²) >= 11 is 1.54. The van der Waals surface area contributed by atoms with E-state index in [0.717, 1.165) is 42.0 Å². The van der Waals surface area contributed by atoms with E-state index in [2.05, 4.69) is 0 Å². The molecule has 1 heterocycles. The molecule has 2 fully saturated rings. The summed E-state index contributed by atoms with van der Waals surface area (Å²) in [5, 5.41) is 11.5. The fourth-order valence-corrected chi connectivity index (χ4v) is 5.59. The topological polar surface area (TPSA) is 49.8 Å². The van der Waals surface area contributed by atoms with Gasteiger partial charge in [-0.05, 0) is 48.9 Å². The lowest BCUT2D eigenvalue weighted by atomic mass is 9.67. The van der Waals surface area contributed by atoms with Crippen LogP contribution in [0.3, 0.4) is 0 Å². The average molecular weight is 398 g/mol. The van der Waals surface area contributed by atoms with Gasteiger partial charge in [0.05, 0.1) is 18.5 Å². The number of carbonyl (C=O) groups excluding carboxylic acids is 1. The number of aliphatic hydroxyl groups is 1. The molecule has 0 bridgehead atoms. The van der Waals surface area contributed by atoms with Crippen molar-refractivity contribution in [2.75, 3.05) is 26.0 Å². The van der Waals surface area contributed by atoms with Crippen molar-refractivity contribution in [2.45, 2.75) is 29.8 Å². The van der Waals surface area contributed by atoms with Crippen LogP contribution in [-0.2, 0) is 10.4 Å². The predicted octanol–water partition coefficient (Wildman–Crippen LogP) is 3.93. The maximum atomic E-state index is 12.9. The number of ether oxygens (including phenoxy) is 1. The predicted molar refractivity (Wildman–Crippen MR) is 111 cm³/mol. The second-order valence-corrected chi connectivity index (χ2v) is 8.86. The van der Waals surface area contributed by atoms with E-state index in [4.69, 9.17) is 4.74 Å². The molecule has 0 aromatic heterocycles. The Labute approximate surface area is 170 Å². The van der Waals surface area contributed by atoms with Crippen LogP contribution in [0.25, 0.3) is 0 Å². The first kappa shape index (κ1) is 19.3. The van der Waals surface area contributed by atoms with E-state index in [-0.39, 0.29) is 11.8 Å². The molecular formula is C23H27NO3S. The van der Waals surface area contributed by atoms with Crippen LogP contribution in [0.2, 0.25) is 0 Å². The van der Waals surface area contributed by atoms with Crippen LogP contribution in [0.4, 0.5) is 0 Å². The minimum Gasteiger partial charge on any atom is -0.497 e. The number of methoxy groups -OCH3 is 1. The van der Waals surface area contributed by atoms with Crippen molar-refractivity contribution in [1.29, 1.82) is 0 Å². The molecule has 0 spiro atoms. The molecule has 4 nitrogen and oxygen atoms in total. The second kappa shape index (κ2) is 8.18. The lowest BCUT2D eigenvalue weighted by molar-refractivity contribution is -0.128. The Morgan fingerprint density at radius 1 is 1.21 bits per heavy atom.